The van der Waals surface area contributed by atoms with Crippen LogP contribution in [0.15, 0.2) is 52.7 Å². The number of nitrogens with one attached hydrogen (secondary N) is 1. The van der Waals surface area contributed by atoms with E-state index in [9.17, 15) is 18.0 Å². The van der Waals surface area contributed by atoms with E-state index in [1.807, 2.05) is 0 Å². The molecule has 1 amide bonds. The van der Waals surface area contributed by atoms with E-state index in [0.717, 1.165) is 4.31 Å². The molecule has 3 rings (SSSR count). The number of hydrogen-bond donors (Lipinski definition) is 1. The number of thiazole rings is 1. The van der Waals surface area contributed by atoms with E-state index in [-0.39, 0.29) is 10.7 Å². The van der Waals surface area contributed by atoms with Crippen LogP contribution >= 0.6 is 11.3 Å². The molecule has 33 heavy (non-hydrogen) atoms. The van der Waals surface area contributed by atoms with Crippen LogP contribution in [-0.2, 0) is 14.8 Å². The highest BCUT2D eigenvalue weighted by atomic mass is 32.2. The van der Waals surface area contributed by atoms with Crippen molar-refractivity contribution >= 4 is 38.2 Å². The van der Waals surface area contributed by atoms with E-state index < -0.39 is 22.5 Å². The summed E-state index contributed by atoms with van der Waals surface area (Å²) >= 11 is 1.20. The Balaban J connectivity index is 1.70. The number of methoxy groups -OCH3 is 2. The zero-order valence-electron chi connectivity index (χ0n) is 18.5. The van der Waals surface area contributed by atoms with Gasteiger partial charge in [0, 0.05) is 23.6 Å². The average Bonchev–Trinajstić information content (AvgIpc) is 3.26. The number of ether oxygens (including phenoxy) is 2. The third-order valence-electron chi connectivity index (χ3n) is 4.77. The van der Waals surface area contributed by atoms with Crippen LogP contribution in [0.5, 0.6) is 11.5 Å². The maximum absolute atomic E-state index is 12.7. The standard InChI is InChI=1S/C22H23N3O6S2/c1-14(26)15-5-8-17(9-6-15)33(28,29)25(2)12-21(27)24-22-23-19(13-32-22)18-11-16(30-3)7-10-20(18)31-4/h5-11,13H,12H2,1-4H3,(H,23,24,27). The van der Waals surface area contributed by atoms with E-state index in [1.165, 1.54) is 49.6 Å². The Bertz CT molecular complexity index is 1270. The lowest BCUT2D eigenvalue weighted by atomic mass is 10.1. The summed E-state index contributed by atoms with van der Waals surface area (Å²) < 4.78 is 37.0. The quantitative estimate of drug-likeness (QED) is 0.459. The molecule has 0 saturated carbocycles. The van der Waals surface area contributed by atoms with Gasteiger partial charge in [0.25, 0.3) is 0 Å². The molecule has 9 nitrogen and oxygen atoms in total. The Kier molecular flexibility index (Phi) is 7.46. The van der Waals surface area contributed by atoms with Crippen LogP contribution in [0.3, 0.4) is 0 Å². The first kappa shape index (κ1) is 24.4. The van der Waals surface area contributed by atoms with Gasteiger partial charge in [-0.15, -0.1) is 11.3 Å². The monoisotopic (exact) mass is 489 g/mol. The van der Waals surface area contributed by atoms with Gasteiger partial charge in [0.2, 0.25) is 15.9 Å². The molecule has 174 valence electrons. The molecule has 0 fully saturated rings. The van der Waals surface area contributed by atoms with E-state index >= 15 is 0 Å². The first-order valence-electron chi connectivity index (χ1n) is 9.71. The van der Waals surface area contributed by atoms with Gasteiger partial charge < -0.3 is 14.8 Å². The second-order valence-electron chi connectivity index (χ2n) is 6.99. The number of aromatic nitrogens is 1. The highest BCUT2D eigenvalue weighted by Crippen LogP contribution is 2.35. The minimum atomic E-state index is -3.91. The Morgan fingerprint density at radius 3 is 2.39 bits per heavy atom. The molecular weight excluding hydrogens is 466 g/mol. The molecule has 0 aliphatic carbocycles. The van der Waals surface area contributed by atoms with Crippen molar-refractivity contribution in [2.24, 2.45) is 0 Å². The number of benzene rings is 2. The fourth-order valence-electron chi connectivity index (χ4n) is 2.96. The van der Waals surface area contributed by atoms with Gasteiger partial charge in [-0.1, -0.05) is 12.1 Å². The average molecular weight is 490 g/mol. The summed E-state index contributed by atoms with van der Waals surface area (Å²) in [5.74, 6) is 0.522. The van der Waals surface area contributed by atoms with Crippen LogP contribution in [0.2, 0.25) is 0 Å². The third-order valence-corrected chi connectivity index (χ3v) is 7.34. The van der Waals surface area contributed by atoms with E-state index in [2.05, 4.69) is 10.3 Å². The minimum absolute atomic E-state index is 0.00976. The lowest BCUT2D eigenvalue weighted by molar-refractivity contribution is -0.116. The van der Waals surface area contributed by atoms with Gasteiger partial charge in [0.1, 0.15) is 11.5 Å². The van der Waals surface area contributed by atoms with Crippen molar-refractivity contribution in [3.63, 3.8) is 0 Å². The molecule has 0 aliphatic rings. The summed E-state index contributed by atoms with van der Waals surface area (Å²) in [6.45, 7) is 0.989. The number of hydrogen-bond acceptors (Lipinski definition) is 8. The van der Waals surface area contributed by atoms with Crippen molar-refractivity contribution in [3.8, 4) is 22.8 Å². The molecule has 11 heteroatoms. The summed E-state index contributed by atoms with van der Waals surface area (Å²) in [6.07, 6.45) is 0. The van der Waals surface area contributed by atoms with Crippen LogP contribution in [-0.4, -0.2) is 57.2 Å². The number of Topliss-reactive ketones (excluding diaryl/α,β-unsaturated/α-hetero) is 1. The normalized spacial score (nSPS) is 11.3. The summed E-state index contributed by atoms with van der Waals surface area (Å²) in [6, 6.07) is 10.9. The van der Waals surface area contributed by atoms with Crippen LogP contribution in [0.4, 0.5) is 5.13 Å². The summed E-state index contributed by atoms with van der Waals surface area (Å²) in [5, 5.41) is 4.69. The molecule has 1 aromatic heterocycles. The highest BCUT2D eigenvalue weighted by molar-refractivity contribution is 7.89. The first-order valence-corrected chi connectivity index (χ1v) is 12.0. The summed E-state index contributed by atoms with van der Waals surface area (Å²) in [7, 11) is 0.500. The van der Waals surface area contributed by atoms with E-state index in [4.69, 9.17) is 9.47 Å². The molecule has 0 saturated heterocycles. The Morgan fingerprint density at radius 2 is 1.79 bits per heavy atom. The molecule has 0 atom stereocenters. The molecular formula is C22H23N3O6S2. The van der Waals surface area contributed by atoms with Crippen molar-refractivity contribution in [2.75, 3.05) is 33.1 Å². The molecule has 1 N–H and O–H groups in total. The maximum Gasteiger partial charge on any atom is 0.243 e. The Morgan fingerprint density at radius 1 is 1.09 bits per heavy atom. The van der Waals surface area contributed by atoms with Crippen LogP contribution in [0.25, 0.3) is 11.3 Å². The van der Waals surface area contributed by atoms with Crippen LogP contribution in [0, 0.1) is 0 Å². The largest absolute Gasteiger partial charge is 0.497 e. The topological polar surface area (TPSA) is 115 Å². The highest BCUT2D eigenvalue weighted by Gasteiger charge is 2.23. The number of amides is 1. The van der Waals surface area contributed by atoms with Crippen LogP contribution < -0.4 is 14.8 Å². The number of ketones is 1. The fourth-order valence-corrected chi connectivity index (χ4v) is 4.81. The van der Waals surface area contributed by atoms with E-state index in [0.29, 0.717) is 33.5 Å². The lowest BCUT2D eigenvalue weighted by Gasteiger charge is -2.16. The molecule has 0 aliphatic heterocycles. The predicted molar refractivity (Wildman–Crippen MR) is 126 cm³/mol. The number of carbonyl (C=O) groups excluding carboxylic acids is 2. The smallest absolute Gasteiger partial charge is 0.243 e. The minimum Gasteiger partial charge on any atom is -0.497 e. The van der Waals surface area contributed by atoms with Gasteiger partial charge in [0.15, 0.2) is 10.9 Å². The molecule has 2 aromatic carbocycles. The van der Waals surface area contributed by atoms with Gasteiger partial charge in [-0.3, -0.25) is 9.59 Å². The number of rotatable bonds is 9. The summed E-state index contributed by atoms with van der Waals surface area (Å²) in [4.78, 5) is 28.3. The fraction of sp³-hybridized carbons (Fsp3) is 0.227. The first-order chi connectivity index (χ1) is 15.6. The number of nitrogens with zero attached hydrogens (tertiary/aromatic N) is 2. The Labute approximate surface area is 196 Å². The van der Waals surface area contributed by atoms with Gasteiger partial charge in [-0.25, -0.2) is 13.4 Å². The second-order valence-corrected chi connectivity index (χ2v) is 9.90. The zero-order valence-corrected chi connectivity index (χ0v) is 20.1. The molecule has 0 radical (unpaired) electrons. The zero-order chi connectivity index (χ0) is 24.2. The van der Waals surface area contributed by atoms with Gasteiger partial charge >= 0.3 is 0 Å². The molecule has 0 bridgehead atoms. The van der Waals surface area contributed by atoms with Crippen molar-refractivity contribution in [1.82, 2.24) is 9.29 Å². The Hall–Kier alpha value is -3.28. The van der Waals surface area contributed by atoms with Crippen molar-refractivity contribution in [1.29, 1.82) is 0 Å². The number of sulfonamides is 1. The molecule has 1 heterocycles. The van der Waals surface area contributed by atoms with Gasteiger partial charge in [-0.05, 0) is 37.3 Å². The number of carbonyl (C=O) groups is 2. The summed E-state index contributed by atoms with van der Waals surface area (Å²) in [5.41, 5.74) is 1.68. The molecule has 3 aromatic rings. The van der Waals surface area contributed by atoms with Crippen LogP contribution in [0.1, 0.15) is 17.3 Å². The van der Waals surface area contributed by atoms with Gasteiger partial charge in [-0.2, -0.15) is 4.31 Å². The van der Waals surface area contributed by atoms with E-state index in [1.54, 1.807) is 37.8 Å². The number of anilines is 1. The molecule has 0 spiro atoms. The van der Waals surface area contributed by atoms with Crippen molar-refractivity contribution < 1.29 is 27.5 Å². The third kappa shape index (κ3) is 5.56. The SMILES string of the molecule is COc1ccc(OC)c(-c2csc(NC(=O)CN(C)S(=O)(=O)c3ccc(C(C)=O)cc3)n2)c1. The van der Waals surface area contributed by atoms with Crippen molar-refractivity contribution in [2.45, 2.75) is 11.8 Å². The molecule has 0 unspecified atom stereocenters. The van der Waals surface area contributed by atoms with Gasteiger partial charge in [0.05, 0.1) is 31.4 Å². The van der Waals surface area contributed by atoms with Crippen molar-refractivity contribution in [3.05, 3.63) is 53.4 Å². The number of likely N-dealkylation sites (N-methyl/N-ethyl adjacent to an activating group) is 1. The predicted octanol–water partition coefficient (Wildman–Crippen LogP) is 3.29. The maximum atomic E-state index is 12.7. The second kappa shape index (κ2) is 10.1. The lowest BCUT2D eigenvalue weighted by Crippen LogP contribution is -2.34.